The minimum absolute atomic E-state index is 0.0350. The molecule has 0 bridgehead atoms. The summed E-state index contributed by atoms with van der Waals surface area (Å²) in [6.45, 7) is 1.91. The highest BCUT2D eigenvalue weighted by atomic mass is 16.5. The normalized spacial score (nSPS) is 17.4. The molecule has 2 atom stereocenters. The van der Waals surface area contributed by atoms with Gasteiger partial charge >= 0.3 is 0 Å². The third-order valence-electron chi connectivity index (χ3n) is 5.02. The van der Waals surface area contributed by atoms with Gasteiger partial charge in [0.25, 0.3) is 0 Å². The van der Waals surface area contributed by atoms with Crippen LogP contribution in [-0.4, -0.2) is 32.6 Å². The molecule has 1 aliphatic rings. The third kappa shape index (κ3) is 3.74. The van der Waals surface area contributed by atoms with E-state index in [1.54, 1.807) is 18.0 Å². The first-order chi connectivity index (χ1) is 13.6. The summed E-state index contributed by atoms with van der Waals surface area (Å²) in [4.78, 5) is 21.5. The molecule has 2 heterocycles. The molecular formula is C21H23N5O2. The lowest BCUT2D eigenvalue weighted by molar-refractivity contribution is -0.125. The van der Waals surface area contributed by atoms with E-state index in [4.69, 9.17) is 4.74 Å². The Bertz CT molecular complexity index is 1010. The SMILES string of the molecule is COc1ccc(-c2cc3nc([C@H](C)NC(=O)C4CC=CCC4)nn3cn2)cc1. The van der Waals surface area contributed by atoms with Crippen LogP contribution in [0.15, 0.2) is 48.8 Å². The zero-order valence-electron chi connectivity index (χ0n) is 16.0. The number of allylic oxidation sites excluding steroid dienone is 2. The Morgan fingerprint density at radius 1 is 1.29 bits per heavy atom. The Labute approximate surface area is 163 Å². The molecule has 0 spiro atoms. The fraction of sp³-hybridized carbons (Fsp3) is 0.333. The van der Waals surface area contributed by atoms with E-state index in [1.165, 1.54) is 0 Å². The zero-order valence-corrected chi connectivity index (χ0v) is 16.0. The van der Waals surface area contributed by atoms with Crippen LogP contribution < -0.4 is 10.1 Å². The van der Waals surface area contributed by atoms with Crippen LogP contribution in [0.1, 0.15) is 38.1 Å². The highest BCUT2D eigenvalue weighted by Gasteiger charge is 2.22. The van der Waals surface area contributed by atoms with Crippen LogP contribution >= 0.6 is 0 Å². The summed E-state index contributed by atoms with van der Waals surface area (Å²) in [6, 6.07) is 9.33. The average Bonchev–Trinajstić information content (AvgIpc) is 3.18. The minimum atomic E-state index is -0.261. The molecule has 28 heavy (non-hydrogen) atoms. The van der Waals surface area contributed by atoms with Crippen molar-refractivity contribution in [2.75, 3.05) is 7.11 Å². The second-order valence-corrected chi connectivity index (χ2v) is 6.99. The van der Waals surface area contributed by atoms with Gasteiger partial charge in [-0.15, -0.1) is 5.10 Å². The monoisotopic (exact) mass is 377 g/mol. The maximum atomic E-state index is 12.5. The maximum absolute atomic E-state index is 12.5. The van der Waals surface area contributed by atoms with Gasteiger partial charge in [0.2, 0.25) is 5.91 Å². The first kappa shape index (κ1) is 18.2. The maximum Gasteiger partial charge on any atom is 0.224 e. The van der Waals surface area contributed by atoms with Crippen LogP contribution in [0.5, 0.6) is 5.75 Å². The Morgan fingerprint density at radius 3 is 2.82 bits per heavy atom. The molecule has 0 fully saturated rings. The fourth-order valence-electron chi connectivity index (χ4n) is 3.34. The number of carbonyl (C=O) groups is 1. The van der Waals surface area contributed by atoms with Crippen molar-refractivity contribution in [1.29, 1.82) is 0 Å². The number of benzene rings is 1. The number of carbonyl (C=O) groups excluding carboxylic acids is 1. The van der Waals surface area contributed by atoms with Gasteiger partial charge in [-0.05, 0) is 50.5 Å². The predicted molar refractivity (Wildman–Crippen MR) is 106 cm³/mol. The summed E-state index contributed by atoms with van der Waals surface area (Å²) in [6.07, 6.45) is 8.50. The summed E-state index contributed by atoms with van der Waals surface area (Å²) in [5.41, 5.74) is 2.47. The van der Waals surface area contributed by atoms with Crippen molar-refractivity contribution in [3.63, 3.8) is 0 Å². The molecule has 0 radical (unpaired) electrons. The molecule has 1 unspecified atom stereocenters. The summed E-state index contributed by atoms with van der Waals surface area (Å²) in [7, 11) is 1.64. The zero-order chi connectivity index (χ0) is 19.5. The van der Waals surface area contributed by atoms with Gasteiger partial charge in [-0.1, -0.05) is 12.2 Å². The van der Waals surface area contributed by atoms with Crippen molar-refractivity contribution < 1.29 is 9.53 Å². The van der Waals surface area contributed by atoms with Crippen molar-refractivity contribution in [1.82, 2.24) is 24.9 Å². The predicted octanol–water partition coefficient (Wildman–Crippen LogP) is 3.33. The van der Waals surface area contributed by atoms with Crippen molar-refractivity contribution in [2.45, 2.75) is 32.2 Å². The first-order valence-electron chi connectivity index (χ1n) is 9.46. The third-order valence-corrected chi connectivity index (χ3v) is 5.02. The number of hydrogen-bond acceptors (Lipinski definition) is 5. The molecular weight excluding hydrogens is 354 g/mol. The van der Waals surface area contributed by atoms with Crippen molar-refractivity contribution in [3.05, 3.63) is 54.6 Å². The van der Waals surface area contributed by atoms with Crippen LogP contribution in [0.25, 0.3) is 16.9 Å². The lowest BCUT2D eigenvalue weighted by atomic mass is 9.93. The second kappa shape index (κ2) is 7.80. The number of nitrogens with one attached hydrogen (secondary N) is 1. The number of amides is 1. The van der Waals surface area contributed by atoms with Crippen LogP contribution in [0.2, 0.25) is 0 Å². The Kier molecular flexibility index (Phi) is 5.06. The molecule has 1 amide bonds. The lowest BCUT2D eigenvalue weighted by Crippen LogP contribution is -2.33. The van der Waals surface area contributed by atoms with Crippen LogP contribution in [0.4, 0.5) is 0 Å². The van der Waals surface area contributed by atoms with Gasteiger partial charge in [0.05, 0.1) is 18.8 Å². The molecule has 0 aliphatic heterocycles. The minimum Gasteiger partial charge on any atom is -0.497 e. The molecule has 7 nitrogen and oxygen atoms in total. The Morgan fingerprint density at radius 2 is 2.11 bits per heavy atom. The van der Waals surface area contributed by atoms with Gasteiger partial charge in [-0.25, -0.2) is 14.5 Å². The van der Waals surface area contributed by atoms with Gasteiger partial charge in [-0.2, -0.15) is 0 Å². The van der Waals surface area contributed by atoms with Gasteiger partial charge in [0.1, 0.15) is 12.1 Å². The van der Waals surface area contributed by atoms with E-state index in [0.717, 1.165) is 36.3 Å². The topological polar surface area (TPSA) is 81.4 Å². The van der Waals surface area contributed by atoms with E-state index < -0.39 is 0 Å². The molecule has 1 aromatic carbocycles. The summed E-state index contributed by atoms with van der Waals surface area (Å²) < 4.78 is 6.83. The molecule has 0 saturated carbocycles. The first-order valence-corrected chi connectivity index (χ1v) is 9.46. The van der Waals surface area contributed by atoms with Crippen LogP contribution in [-0.2, 0) is 4.79 Å². The average molecular weight is 377 g/mol. The van der Waals surface area contributed by atoms with E-state index in [-0.39, 0.29) is 17.9 Å². The molecule has 144 valence electrons. The number of methoxy groups -OCH3 is 1. The molecule has 3 aromatic rings. The lowest BCUT2D eigenvalue weighted by Gasteiger charge is -2.19. The van der Waals surface area contributed by atoms with Crippen molar-refractivity contribution >= 4 is 11.6 Å². The quantitative estimate of drug-likeness (QED) is 0.690. The van der Waals surface area contributed by atoms with Gasteiger partial charge < -0.3 is 10.1 Å². The van der Waals surface area contributed by atoms with Crippen LogP contribution in [0, 0.1) is 5.92 Å². The van der Waals surface area contributed by atoms with Crippen molar-refractivity contribution in [2.24, 2.45) is 5.92 Å². The number of nitrogens with zero attached hydrogens (tertiary/aromatic N) is 4. The molecule has 4 rings (SSSR count). The van der Waals surface area contributed by atoms with Gasteiger partial charge in [-0.3, -0.25) is 4.79 Å². The van der Waals surface area contributed by atoms with E-state index in [9.17, 15) is 4.79 Å². The number of fused-ring (bicyclic) bond motifs is 1. The number of hydrogen-bond donors (Lipinski definition) is 1. The van der Waals surface area contributed by atoms with Crippen LogP contribution in [0.3, 0.4) is 0 Å². The largest absolute Gasteiger partial charge is 0.497 e. The number of rotatable bonds is 5. The molecule has 1 N–H and O–H groups in total. The van der Waals surface area contributed by atoms with E-state index >= 15 is 0 Å². The highest BCUT2D eigenvalue weighted by Crippen LogP contribution is 2.22. The van der Waals surface area contributed by atoms with Gasteiger partial charge in [0.15, 0.2) is 11.5 Å². The molecule has 2 aromatic heterocycles. The number of ether oxygens (including phenoxy) is 1. The number of aromatic nitrogens is 4. The summed E-state index contributed by atoms with van der Waals surface area (Å²) >= 11 is 0. The smallest absolute Gasteiger partial charge is 0.224 e. The molecule has 0 saturated heterocycles. The summed E-state index contributed by atoms with van der Waals surface area (Å²) in [5.74, 6) is 1.47. The van der Waals surface area contributed by atoms with E-state index in [2.05, 4.69) is 32.5 Å². The Balaban J connectivity index is 1.52. The fourth-order valence-corrected chi connectivity index (χ4v) is 3.34. The summed E-state index contributed by atoms with van der Waals surface area (Å²) in [5, 5.41) is 7.51. The Hall–Kier alpha value is -3.22. The molecule has 1 aliphatic carbocycles. The second-order valence-electron chi connectivity index (χ2n) is 6.99. The van der Waals surface area contributed by atoms with E-state index in [0.29, 0.717) is 11.5 Å². The highest BCUT2D eigenvalue weighted by molar-refractivity contribution is 5.79. The standard InChI is InChI=1S/C21H23N5O2/c1-14(23-21(27)16-6-4-3-5-7-16)20-24-19-12-18(22-13-26(19)25-20)15-8-10-17(28-2)11-9-15/h3-4,8-14,16H,5-7H2,1-2H3,(H,23,27)/t14-,16?/m0/s1. The van der Waals surface area contributed by atoms with Crippen molar-refractivity contribution in [3.8, 4) is 17.0 Å². The molecule has 7 heteroatoms. The van der Waals surface area contributed by atoms with Gasteiger partial charge in [0, 0.05) is 17.5 Å². The van der Waals surface area contributed by atoms with E-state index in [1.807, 2.05) is 37.3 Å².